The average Bonchev–Trinajstić information content (AvgIpc) is 2.22. The first kappa shape index (κ1) is 11.7. The monoisotopic (exact) mass is 221 g/mol. The molecule has 80 valence electrons. The Labute approximate surface area is 95.6 Å². The molecule has 0 aromatic heterocycles. The Hall–Kier alpha value is -1.42. The van der Waals surface area contributed by atoms with Crippen molar-refractivity contribution < 1.29 is 0 Å². The zero-order valence-corrected chi connectivity index (χ0v) is 9.77. The Morgan fingerprint density at radius 1 is 1.40 bits per heavy atom. The van der Waals surface area contributed by atoms with E-state index in [2.05, 4.69) is 15.8 Å². The highest BCUT2D eigenvalue weighted by Gasteiger charge is 1.94. The lowest BCUT2D eigenvalue weighted by Gasteiger charge is -2.06. The maximum Gasteiger partial charge on any atom is 0.191 e. The number of nitrogens with one attached hydrogen (secondary N) is 2. The molecule has 0 saturated heterocycles. The lowest BCUT2D eigenvalue weighted by atomic mass is 10.2. The minimum absolute atomic E-state index is 0.503. The van der Waals surface area contributed by atoms with Crippen molar-refractivity contribution in [3.63, 3.8) is 0 Å². The third-order valence-electron chi connectivity index (χ3n) is 1.75. The highest BCUT2D eigenvalue weighted by molar-refractivity contribution is 7.80. The van der Waals surface area contributed by atoms with E-state index in [9.17, 15) is 0 Å². The van der Waals surface area contributed by atoms with Crippen molar-refractivity contribution in [2.24, 2.45) is 5.10 Å². The van der Waals surface area contributed by atoms with Crippen molar-refractivity contribution in [3.05, 3.63) is 29.8 Å². The van der Waals surface area contributed by atoms with E-state index in [4.69, 9.17) is 12.2 Å². The number of thiocarbonyl (C=S) groups is 1. The molecule has 0 unspecified atom stereocenters. The molecule has 0 saturated carbocycles. The van der Waals surface area contributed by atoms with Gasteiger partial charge in [0.25, 0.3) is 0 Å². The van der Waals surface area contributed by atoms with Gasteiger partial charge in [0.1, 0.15) is 0 Å². The highest BCUT2D eigenvalue weighted by atomic mass is 32.1. The Balaban J connectivity index is 2.44. The molecule has 1 aromatic carbocycles. The van der Waals surface area contributed by atoms with Crippen LogP contribution in [0.15, 0.2) is 29.4 Å². The summed E-state index contributed by atoms with van der Waals surface area (Å²) in [4.78, 5) is 0. The average molecular weight is 221 g/mol. The second kappa shape index (κ2) is 6.14. The summed E-state index contributed by atoms with van der Waals surface area (Å²) in [5, 5.41) is 7.46. The summed E-state index contributed by atoms with van der Waals surface area (Å²) in [6.45, 7) is 4.06. The molecule has 1 rings (SSSR count). The predicted molar refractivity (Wildman–Crippen MR) is 69.3 cm³/mol. The minimum atomic E-state index is 0.503. The number of hydrogen-bond donors (Lipinski definition) is 2. The SMILES string of the molecule is CC/C=N/NC(=S)Nc1ccc(C)cc1. The van der Waals surface area contributed by atoms with E-state index in [1.165, 1.54) is 5.56 Å². The number of rotatable bonds is 3. The zero-order valence-electron chi connectivity index (χ0n) is 8.95. The van der Waals surface area contributed by atoms with Gasteiger partial charge in [0.15, 0.2) is 5.11 Å². The molecule has 0 fully saturated rings. The quantitative estimate of drug-likeness (QED) is 0.468. The van der Waals surface area contributed by atoms with Gasteiger partial charge in [0.05, 0.1) is 0 Å². The first-order chi connectivity index (χ1) is 7.22. The first-order valence-corrected chi connectivity index (χ1v) is 5.28. The summed E-state index contributed by atoms with van der Waals surface area (Å²) in [6.07, 6.45) is 2.66. The van der Waals surface area contributed by atoms with Crippen molar-refractivity contribution in [1.29, 1.82) is 0 Å². The van der Waals surface area contributed by atoms with Crippen LogP contribution in [-0.4, -0.2) is 11.3 Å². The Morgan fingerprint density at radius 3 is 2.67 bits per heavy atom. The molecule has 15 heavy (non-hydrogen) atoms. The summed E-state index contributed by atoms with van der Waals surface area (Å²) in [7, 11) is 0. The Morgan fingerprint density at radius 2 is 2.07 bits per heavy atom. The van der Waals surface area contributed by atoms with E-state index >= 15 is 0 Å². The molecule has 0 aliphatic carbocycles. The topological polar surface area (TPSA) is 36.4 Å². The van der Waals surface area contributed by atoms with Gasteiger partial charge in [-0.1, -0.05) is 24.6 Å². The lowest BCUT2D eigenvalue weighted by Crippen LogP contribution is -2.23. The lowest BCUT2D eigenvalue weighted by molar-refractivity contribution is 1.04. The summed E-state index contributed by atoms with van der Waals surface area (Å²) >= 11 is 5.05. The molecule has 0 atom stereocenters. The first-order valence-electron chi connectivity index (χ1n) is 4.87. The van der Waals surface area contributed by atoms with Gasteiger partial charge in [0.2, 0.25) is 0 Å². The number of anilines is 1. The Kier molecular flexibility index (Phi) is 4.77. The van der Waals surface area contributed by atoms with E-state index in [0.29, 0.717) is 5.11 Å². The number of nitrogens with zero attached hydrogens (tertiary/aromatic N) is 1. The van der Waals surface area contributed by atoms with Gasteiger partial charge in [-0.2, -0.15) is 5.10 Å². The largest absolute Gasteiger partial charge is 0.331 e. The van der Waals surface area contributed by atoms with Crippen molar-refractivity contribution in [1.82, 2.24) is 5.43 Å². The second-order valence-electron chi connectivity index (χ2n) is 3.15. The van der Waals surface area contributed by atoms with Gasteiger partial charge in [-0.25, -0.2) is 0 Å². The molecule has 0 aliphatic rings. The van der Waals surface area contributed by atoms with Crippen molar-refractivity contribution in [2.75, 3.05) is 5.32 Å². The third-order valence-corrected chi connectivity index (χ3v) is 1.94. The maximum atomic E-state index is 5.05. The number of aryl methyl sites for hydroxylation is 1. The van der Waals surface area contributed by atoms with Gasteiger partial charge in [-0.05, 0) is 37.7 Å². The molecule has 0 heterocycles. The van der Waals surface area contributed by atoms with Gasteiger partial charge in [-0.15, -0.1) is 0 Å². The van der Waals surface area contributed by atoms with Crippen LogP contribution in [0.1, 0.15) is 18.9 Å². The molecule has 0 spiro atoms. The van der Waals surface area contributed by atoms with E-state index < -0.39 is 0 Å². The molecular weight excluding hydrogens is 206 g/mol. The van der Waals surface area contributed by atoms with E-state index in [0.717, 1.165) is 12.1 Å². The van der Waals surface area contributed by atoms with E-state index in [1.54, 1.807) is 6.21 Å². The van der Waals surface area contributed by atoms with Crippen LogP contribution >= 0.6 is 12.2 Å². The second-order valence-corrected chi connectivity index (χ2v) is 3.56. The van der Waals surface area contributed by atoms with E-state index in [-0.39, 0.29) is 0 Å². The molecule has 2 N–H and O–H groups in total. The van der Waals surface area contributed by atoms with Crippen LogP contribution in [-0.2, 0) is 0 Å². The van der Waals surface area contributed by atoms with E-state index in [1.807, 2.05) is 38.1 Å². The van der Waals surface area contributed by atoms with Crippen molar-refractivity contribution in [2.45, 2.75) is 20.3 Å². The number of hydrogen-bond acceptors (Lipinski definition) is 2. The molecule has 3 nitrogen and oxygen atoms in total. The van der Waals surface area contributed by atoms with Gasteiger partial charge in [-0.3, -0.25) is 5.43 Å². The molecule has 0 radical (unpaired) electrons. The van der Waals surface area contributed by atoms with Crippen molar-refractivity contribution in [3.8, 4) is 0 Å². The number of benzene rings is 1. The predicted octanol–water partition coefficient (Wildman–Crippen LogP) is 2.68. The standard InChI is InChI=1S/C11H15N3S/c1-3-8-12-14-11(15)13-10-6-4-9(2)5-7-10/h4-8H,3H2,1-2H3,(H2,13,14,15)/b12-8+. The van der Waals surface area contributed by atoms with Crippen LogP contribution in [0.3, 0.4) is 0 Å². The van der Waals surface area contributed by atoms with Gasteiger partial charge in [0, 0.05) is 11.9 Å². The van der Waals surface area contributed by atoms with Crippen LogP contribution in [0.4, 0.5) is 5.69 Å². The fourth-order valence-corrected chi connectivity index (χ4v) is 1.16. The molecule has 0 bridgehead atoms. The third kappa shape index (κ3) is 4.56. The summed E-state index contributed by atoms with van der Waals surface area (Å²) in [5.74, 6) is 0. The smallest absolute Gasteiger partial charge is 0.191 e. The zero-order chi connectivity index (χ0) is 11.1. The summed E-state index contributed by atoms with van der Waals surface area (Å²) < 4.78 is 0. The number of hydrazone groups is 1. The summed E-state index contributed by atoms with van der Waals surface area (Å²) in [6, 6.07) is 8.01. The van der Waals surface area contributed by atoms with Crippen LogP contribution in [0.25, 0.3) is 0 Å². The van der Waals surface area contributed by atoms with Gasteiger partial charge < -0.3 is 5.32 Å². The van der Waals surface area contributed by atoms with Crippen LogP contribution in [0.2, 0.25) is 0 Å². The Bertz CT molecular complexity index is 343. The fourth-order valence-electron chi connectivity index (χ4n) is 0.991. The van der Waals surface area contributed by atoms with Crippen LogP contribution in [0.5, 0.6) is 0 Å². The maximum absolute atomic E-state index is 5.05. The summed E-state index contributed by atoms with van der Waals surface area (Å²) in [5.41, 5.74) is 4.92. The minimum Gasteiger partial charge on any atom is -0.331 e. The molecule has 0 aliphatic heterocycles. The van der Waals surface area contributed by atoms with Gasteiger partial charge >= 0.3 is 0 Å². The van der Waals surface area contributed by atoms with Crippen molar-refractivity contribution >= 4 is 29.2 Å². The molecule has 0 amide bonds. The molecular formula is C11H15N3S. The molecule has 1 aromatic rings. The van der Waals surface area contributed by atoms with Crippen LogP contribution in [0, 0.1) is 6.92 Å². The fraction of sp³-hybridized carbons (Fsp3) is 0.273. The molecule has 4 heteroatoms. The van der Waals surface area contributed by atoms with Crippen LogP contribution < -0.4 is 10.7 Å². The normalized spacial score (nSPS) is 10.3. The highest BCUT2D eigenvalue weighted by Crippen LogP contribution is 2.07.